The Morgan fingerprint density at radius 2 is 1.83 bits per heavy atom. The highest BCUT2D eigenvalue weighted by molar-refractivity contribution is 8.04. The van der Waals surface area contributed by atoms with Crippen LogP contribution in [0.2, 0.25) is 0 Å². The third-order valence-electron chi connectivity index (χ3n) is 3.26. The second-order valence-electron chi connectivity index (χ2n) is 6.59. The van der Waals surface area contributed by atoms with E-state index >= 15 is 0 Å². The van der Waals surface area contributed by atoms with Gasteiger partial charge in [-0.25, -0.2) is 4.79 Å². The van der Waals surface area contributed by atoms with Crippen LogP contribution < -0.4 is 0 Å². The minimum Gasteiger partial charge on any atom is -0.463 e. The van der Waals surface area contributed by atoms with Crippen LogP contribution in [0.4, 0.5) is 0 Å². The molecule has 6 nitrogen and oxygen atoms in total. The van der Waals surface area contributed by atoms with Crippen LogP contribution in [0, 0.1) is 11.8 Å². The number of amides is 2. The van der Waals surface area contributed by atoms with Crippen LogP contribution in [0.25, 0.3) is 0 Å². The molecule has 0 N–H and O–H groups in total. The molecule has 0 unspecified atom stereocenters. The lowest BCUT2D eigenvalue weighted by Gasteiger charge is -2.28. The van der Waals surface area contributed by atoms with E-state index in [0.29, 0.717) is 30.0 Å². The lowest BCUT2D eigenvalue weighted by Crippen LogP contribution is -2.43. The molecular formula is C17H28N2O4S. The first-order valence-corrected chi connectivity index (χ1v) is 9.32. The Morgan fingerprint density at radius 3 is 2.33 bits per heavy atom. The number of hydrogen-bond acceptors (Lipinski definition) is 5. The highest BCUT2D eigenvalue weighted by Gasteiger charge is 2.31. The molecule has 24 heavy (non-hydrogen) atoms. The highest BCUT2D eigenvalue weighted by atomic mass is 32.2. The van der Waals surface area contributed by atoms with Crippen molar-refractivity contribution in [1.82, 2.24) is 9.80 Å². The van der Waals surface area contributed by atoms with E-state index in [1.165, 1.54) is 22.7 Å². The quantitative estimate of drug-likeness (QED) is 0.492. The number of esters is 1. The molecule has 7 heteroatoms. The van der Waals surface area contributed by atoms with E-state index in [-0.39, 0.29) is 30.7 Å². The van der Waals surface area contributed by atoms with Crippen LogP contribution in [0.15, 0.2) is 11.1 Å². The molecule has 1 heterocycles. The maximum absolute atomic E-state index is 12.7. The molecule has 1 aliphatic rings. The van der Waals surface area contributed by atoms with Crippen LogP contribution >= 0.6 is 11.8 Å². The van der Waals surface area contributed by atoms with Crippen molar-refractivity contribution in [1.29, 1.82) is 0 Å². The molecule has 0 radical (unpaired) electrons. The Kier molecular flexibility index (Phi) is 8.31. The summed E-state index contributed by atoms with van der Waals surface area (Å²) in [5, 5.41) is 0.487. The zero-order valence-electron chi connectivity index (χ0n) is 15.2. The molecule has 136 valence electrons. The van der Waals surface area contributed by atoms with Gasteiger partial charge in [0, 0.05) is 13.1 Å². The molecule has 0 saturated carbocycles. The summed E-state index contributed by atoms with van der Waals surface area (Å²) in [4.78, 5) is 39.5. The zero-order chi connectivity index (χ0) is 18.3. The average molecular weight is 356 g/mol. The van der Waals surface area contributed by atoms with Gasteiger partial charge in [0.1, 0.15) is 6.54 Å². The topological polar surface area (TPSA) is 66.9 Å². The van der Waals surface area contributed by atoms with Gasteiger partial charge in [-0.2, -0.15) is 0 Å². The summed E-state index contributed by atoms with van der Waals surface area (Å²) < 4.78 is 4.88. The fourth-order valence-corrected chi connectivity index (χ4v) is 3.31. The van der Waals surface area contributed by atoms with Crippen molar-refractivity contribution >= 4 is 29.5 Å². The molecule has 1 fully saturated rings. The normalized spacial score (nSPS) is 16.4. The van der Waals surface area contributed by atoms with Crippen molar-refractivity contribution in [3.63, 3.8) is 0 Å². The first-order chi connectivity index (χ1) is 11.2. The van der Waals surface area contributed by atoms with Gasteiger partial charge in [0.15, 0.2) is 0 Å². The molecule has 0 aromatic carbocycles. The Hall–Kier alpha value is -1.50. The van der Waals surface area contributed by atoms with Crippen LogP contribution in [-0.2, 0) is 19.1 Å². The van der Waals surface area contributed by atoms with Gasteiger partial charge in [0.2, 0.25) is 11.8 Å². The lowest BCUT2D eigenvalue weighted by molar-refractivity contribution is -0.138. The number of rotatable bonds is 8. The van der Waals surface area contributed by atoms with Gasteiger partial charge in [-0.3, -0.25) is 14.5 Å². The molecule has 0 spiro atoms. The third kappa shape index (κ3) is 6.55. The molecule has 1 saturated heterocycles. The summed E-state index contributed by atoms with van der Waals surface area (Å²) in [7, 11) is 0. The molecule has 0 aliphatic carbocycles. The van der Waals surface area contributed by atoms with E-state index in [0.717, 1.165) is 0 Å². The minimum atomic E-state index is -0.492. The van der Waals surface area contributed by atoms with E-state index in [2.05, 4.69) is 27.7 Å². The van der Waals surface area contributed by atoms with Crippen molar-refractivity contribution in [2.24, 2.45) is 11.8 Å². The number of carbonyl (C=O) groups is 3. The van der Waals surface area contributed by atoms with Crippen molar-refractivity contribution in [2.45, 2.75) is 34.6 Å². The Morgan fingerprint density at radius 1 is 1.25 bits per heavy atom. The number of nitrogens with zero attached hydrogens (tertiary/aromatic N) is 2. The fraction of sp³-hybridized carbons (Fsp3) is 0.706. The van der Waals surface area contributed by atoms with Gasteiger partial charge in [-0.1, -0.05) is 39.5 Å². The fourth-order valence-electron chi connectivity index (χ4n) is 2.38. The second kappa shape index (κ2) is 9.71. The first kappa shape index (κ1) is 20.5. The summed E-state index contributed by atoms with van der Waals surface area (Å²) in [6, 6.07) is 0. The smallest absolute Gasteiger partial charge is 0.333 e. The summed E-state index contributed by atoms with van der Waals surface area (Å²) in [5.41, 5.74) is 0. The standard InChI is InChI=1S/C17H28N2O4S/c1-6-23-17(22)7-16-19(15(21)11-24-16)10-14(20)18(8-12(2)3)9-13(4)5/h7,12-13H,6,8-11H2,1-5H3/b16-7+. The van der Waals surface area contributed by atoms with Gasteiger partial charge >= 0.3 is 5.97 Å². The molecule has 0 atom stereocenters. The summed E-state index contributed by atoms with van der Waals surface area (Å²) >= 11 is 1.26. The largest absolute Gasteiger partial charge is 0.463 e. The number of ether oxygens (including phenoxy) is 1. The molecule has 2 amide bonds. The molecule has 0 bridgehead atoms. The second-order valence-corrected chi connectivity index (χ2v) is 7.59. The van der Waals surface area contributed by atoms with Crippen LogP contribution in [0.5, 0.6) is 0 Å². The zero-order valence-corrected chi connectivity index (χ0v) is 16.0. The molecule has 1 rings (SSSR count). The molecule has 1 aliphatic heterocycles. The Balaban J connectivity index is 2.83. The van der Waals surface area contributed by atoms with Crippen molar-refractivity contribution in [2.75, 3.05) is 32.0 Å². The maximum atomic E-state index is 12.7. The number of hydrogen-bond donors (Lipinski definition) is 0. The summed E-state index contributed by atoms with van der Waals surface area (Å²) in [6.45, 7) is 11.5. The predicted molar refractivity (Wildman–Crippen MR) is 95.1 cm³/mol. The Bertz CT molecular complexity index is 493. The van der Waals surface area contributed by atoms with E-state index in [1.54, 1.807) is 11.8 Å². The minimum absolute atomic E-state index is 0.0312. The molecule has 0 aromatic rings. The van der Waals surface area contributed by atoms with E-state index in [1.807, 2.05) is 0 Å². The Labute approximate surface area is 148 Å². The molecule has 0 aromatic heterocycles. The summed E-state index contributed by atoms with van der Waals surface area (Å²) in [5.74, 6) is 0.207. The third-order valence-corrected chi connectivity index (χ3v) is 4.28. The SMILES string of the molecule is CCOC(=O)/C=C1/SCC(=O)N1CC(=O)N(CC(C)C)CC(C)C. The van der Waals surface area contributed by atoms with Crippen molar-refractivity contribution in [3.8, 4) is 0 Å². The maximum Gasteiger partial charge on any atom is 0.333 e. The number of carbonyl (C=O) groups excluding carboxylic acids is 3. The highest BCUT2D eigenvalue weighted by Crippen LogP contribution is 2.28. The van der Waals surface area contributed by atoms with Crippen LogP contribution in [0.1, 0.15) is 34.6 Å². The van der Waals surface area contributed by atoms with Gasteiger partial charge in [-0.15, -0.1) is 0 Å². The van der Waals surface area contributed by atoms with Crippen LogP contribution in [-0.4, -0.2) is 59.6 Å². The monoisotopic (exact) mass is 356 g/mol. The van der Waals surface area contributed by atoms with Gasteiger partial charge in [0.05, 0.1) is 23.5 Å². The van der Waals surface area contributed by atoms with Crippen LogP contribution in [0.3, 0.4) is 0 Å². The van der Waals surface area contributed by atoms with Gasteiger partial charge in [-0.05, 0) is 18.8 Å². The van der Waals surface area contributed by atoms with E-state index in [9.17, 15) is 14.4 Å². The average Bonchev–Trinajstić information content (AvgIpc) is 2.78. The van der Waals surface area contributed by atoms with E-state index < -0.39 is 5.97 Å². The van der Waals surface area contributed by atoms with E-state index in [4.69, 9.17) is 4.74 Å². The van der Waals surface area contributed by atoms with Gasteiger partial charge < -0.3 is 9.64 Å². The molecular weight excluding hydrogens is 328 g/mol. The van der Waals surface area contributed by atoms with Crippen molar-refractivity contribution < 1.29 is 19.1 Å². The lowest BCUT2D eigenvalue weighted by atomic mass is 10.1. The van der Waals surface area contributed by atoms with Crippen molar-refractivity contribution in [3.05, 3.63) is 11.1 Å². The predicted octanol–water partition coefficient (Wildman–Crippen LogP) is 2.11. The van der Waals surface area contributed by atoms with Gasteiger partial charge in [0.25, 0.3) is 0 Å². The number of thioether (sulfide) groups is 1. The first-order valence-electron chi connectivity index (χ1n) is 8.33. The summed E-state index contributed by atoms with van der Waals surface area (Å²) in [6.07, 6.45) is 1.29.